The van der Waals surface area contributed by atoms with Crippen molar-refractivity contribution >= 4 is 33.5 Å². The Balaban J connectivity index is 1.62. The fourth-order valence-electron chi connectivity index (χ4n) is 2.21. The Morgan fingerprint density at radius 1 is 1.48 bits per heavy atom. The number of carbonyl (C=O) groups excluding carboxylic acids is 1. The number of carbonyl (C=O) groups is 1. The zero-order chi connectivity index (χ0) is 16.2. The maximum absolute atomic E-state index is 12.4. The molecule has 3 aromatic heterocycles. The molecule has 7 heteroatoms. The van der Waals surface area contributed by atoms with Crippen LogP contribution in [-0.4, -0.2) is 22.0 Å². The van der Waals surface area contributed by atoms with Crippen molar-refractivity contribution in [2.24, 2.45) is 0 Å². The van der Waals surface area contributed by atoms with Crippen molar-refractivity contribution in [2.45, 2.75) is 13.5 Å². The third kappa shape index (κ3) is 3.40. The summed E-state index contributed by atoms with van der Waals surface area (Å²) in [6.45, 7) is 2.52. The third-order valence-electron chi connectivity index (χ3n) is 3.35. The van der Waals surface area contributed by atoms with Gasteiger partial charge < -0.3 is 9.73 Å². The molecule has 3 rings (SSSR count). The van der Waals surface area contributed by atoms with Gasteiger partial charge in [0.1, 0.15) is 16.4 Å². The molecule has 0 aliphatic carbocycles. The van der Waals surface area contributed by atoms with Gasteiger partial charge in [0.2, 0.25) is 5.91 Å². The Hall–Kier alpha value is -2.67. The lowest BCUT2D eigenvalue weighted by atomic mass is 10.3. The molecular weight excluding hydrogens is 314 g/mol. The predicted molar refractivity (Wildman–Crippen MR) is 89.4 cm³/mol. The number of amides is 1. The van der Waals surface area contributed by atoms with Gasteiger partial charge in [-0.15, -0.1) is 11.3 Å². The standard InChI is InChI=1S/C16H15N3O3S/c1-11-18-15-13(6-10-23-15)16(21)19(11)8-7-17-14(20)5-4-12-3-2-9-22-12/h2-6,9-10H,7-8H2,1H3,(H,17,20). The van der Waals surface area contributed by atoms with Crippen LogP contribution in [0, 0.1) is 6.92 Å². The van der Waals surface area contributed by atoms with Crippen LogP contribution in [-0.2, 0) is 11.3 Å². The molecule has 1 amide bonds. The Morgan fingerprint density at radius 3 is 3.13 bits per heavy atom. The smallest absolute Gasteiger partial charge is 0.262 e. The molecule has 0 bridgehead atoms. The fourth-order valence-corrected chi connectivity index (χ4v) is 3.01. The number of nitrogens with one attached hydrogen (secondary N) is 1. The van der Waals surface area contributed by atoms with Crippen LogP contribution >= 0.6 is 11.3 Å². The second-order valence-electron chi connectivity index (χ2n) is 4.90. The second kappa shape index (κ2) is 6.62. The summed E-state index contributed by atoms with van der Waals surface area (Å²) in [4.78, 5) is 29.2. The third-order valence-corrected chi connectivity index (χ3v) is 4.16. The Bertz CT molecular complexity index is 906. The van der Waals surface area contributed by atoms with Crippen LogP contribution in [0.2, 0.25) is 0 Å². The van der Waals surface area contributed by atoms with Crippen molar-refractivity contribution < 1.29 is 9.21 Å². The number of rotatable bonds is 5. The quantitative estimate of drug-likeness (QED) is 0.728. The number of hydrogen-bond donors (Lipinski definition) is 1. The lowest BCUT2D eigenvalue weighted by Crippen LogP contribution is -2.31. The molecule has 0 spiro atoms. The molecule has 0 atom stereocenters. The van der Waals surface area contributed by atoms with Crippen molar-refractivity contribution in [3.8, 4) is 0 Å². The van der Waals surface area contributed by atoms with Crippen LogP contribution in [0.25, 0.3) is 16.3 Å². The summed E-state index contributed by atoms with van der Waals surface area (Å²) >= 11 is 1.45. The first-order chi connectivity index (χ1) is 11.1. The average Bonchev–Trinajstić information content (AvgIpc) is 3.19. The first kappa shape index (κ1) is 15.2. The number of aryl methyl sites for hydroxylation is 1. The van der Waals surface area contributed by atoms with E-state index < -0.39 is 0 Å². The molecule has 0 radical (unpaired) electrons. The van der Waals surface area contributed by atoms with Gasteiger partial charge in [0.05, 0.1) is 11.6 Å². The van der Waals surface area contributed by atoms with E-state index in [1.165, 1.54) is 17.4 Å². The topological polar surface area (TPSA) is 77.1 Å². The van der Waals surface area contributed by atoms with Gasteiger partial charge in [0.25, 0.3) is 5.56 Å². The lowest BCUT2D eigenvalue weighted by Gasteiger charge is -2.09. The summed E-state index contributed by atoms with van der Waals surface area (Å²) in [7, 11) is 0. The minimum atomic E-state index is -0.239. The molecule has 1 N–H and O–H groups in total. The van der Waals surface area contributed by atoms with E-state index in [0.29, 0.717) is 30.1 Å². The Labute approximate surface area is 136 Å². The largest absolute Gasteiger partial charge is 0.465 e. The van der Waals surface area contributed by atoms with E-state index in [2.05, 4.69) is 10.3 Å². The molecule has 3 aromatic rings. The number of nitrogens with zero attached hydrogens (tertiary/aromatic N) is 2. The monoisotopic (exact) mass is 329 g/mol. The highest BCUT2D eigenvalue weighted by molar-refractivity contribution is 7.16. The van der Waals surface area contributed by atoms with Gasteiger partial charge in [-0.1, -0.05) is 0 Å². The summed E-state index contributed by atoms with van der Waals surface area (Å²) in [5.41, 5.74) is -0.0749. The van der Waals surface area contributed by atoms with Gasteiger partial charge in [-0.3, -0.25) is 14.2 Å². The number of furan rings is 1. The van der Waals surface area contributed by atoms with E-state index >= 15 is 0 Å². The van der Waals surface area contributed by atoms with E-state index in [0.717, 1.165) is 4.83 Å². The van der Waals surface area contributed by atoms with Crippen LogP contribution in [0.5, 0.6) is 0 Å². The molecule has 0 aliphatic heterocycles. The summed E-state index contributed by atoms with van der Waals surface area (Å²) < 4.78 is 6.68. The van der Waals surface area contributed by atoms with Crippen LogP contribution < -0.4 is 10.9 Å². The Morgan fingerprint density at radius 2 is 2.35 bits per heavy atom. The molecule has 0 aliphatic rings. The zero-order valence-electron chi connectivity index (χ0n) is 12.5. The van der Waals surface area contributed by atoms with Gasteiger partial charge >= 0.3 is 0 Å². The van der Waals surface area contributed by atoms with Crippen LogP contribution in [0.15, 0.2) is 45.1 Å². The van der Waals surface area contributed by atoms with Crippen LogP contribution in [0.1, 0.15) is 11.6 Å². The molecule has 0 unspecified atom stereocenters. The van der Waals surface area contributed by atoms with Crippen LogP contribution in [0.3, 0.4) is 0 Å². The van der Waals surface area contributed by atoms with E-state index in [4.69, 9.17) is 4.42 Å². The molecular formula is C16H15N3O3S. The SMILES string of the molecule is Cc1nc2sccc2c(=O)n1CCNC(=O)C=Cc1ccco1. The van der Waals surface area contributed by atoms with Crippen molar-refractivity contribution in [1.29, 1.82) is 0 Å². The highest BCUT2D eigenvalue weighted by Gasteiger charge is 2.08. The molecule has 6 nitrogen and oxygen atoms in total. The summed E-state index contributed by atoms with van der Waals surface area (Å²) in [6.07, 6.45) is 4.53. The van der Waals surface area contributed by atoms with Gasteiger partial charge in [-0.05, 0) is 36.6 Å². The normalized spacial score (nSPS) is 11.3. The summed E-state index contributed by atoms with van der Waals surface area (Å²) in [5, 5.41) is 5.20. The van der Waals surface area contributed by atoms with Gasteiger partial charge in [0.15, 0.2) is 0 Å². The number of aromatic nitrogens is 2. The molecule has 0 aromatic carbocycles. The highest BCUT2D eigenvalue weighted by Crippen LogP contribution is 2.14. The van der Waals surface area contributed by atoms with Crippen molar-refractivity contribution in [3.63, 3.8) is 0 Å². The molecule has 0 fully saturated rings. The van der Waals surface area contributed by atoms with E-state index in [-0.39, 0.29) is 11.5 Å². The molecule has 0 saturated heterocycles. The van der Waals surface area contributed by atoms with E-state index in [1.807, 2.05) is 5.38 Å². The minimum Gasteiger partial charge on any atom is -0.465 e. The minimum absolute atomic E-state index is 0.0749. The van der Waals surface area contributed by atoms with E-state index in [1.54, 1.807) is 42.0 Å². The highest BCUT2D eigenvalue weighted by atomic mass is 32.1. The van der Waals surface area contributed by atoms with Crippen molar-refractivity contribution in [1.82, 2.24) is 14.9 Å². The van der Waals surface area contributed by atoms with Crippen molar-refractivity contribution in [3.05, 3.63) is 57.9 Å². The maximum atomic E-state index is 12.4. The summed E-state index contributed by atoms with van der Waals surface area (Å²) in [5.74, 6) is 1.02. The fraction of sp³-hybridized carbons (Fsp3) is 0.188. The number of hydrogen-bond acceptors (Lipinski definition) is 5. The van der Waals surface area contributed by atoms with Crippen molar-refractivity contribution in [2.75, 3.05) is 6.54 Å². The number of thiophene rings is 1. The maximum Gasteiger partial charge on any atom is 0.262 e. The van der Waals surface area contributed by atoms with Gasteiger partial charge in [-0.2, -0.15) is 0 Å². The Kier molecular flexibility index (Phi) is 4.38. The molecule has 0 saturated carbocycles. The van der Waals surface area contributed by atoms with Crippen LogP contribution in [0.4, 0.5) is 0 Å². The predicted octanol–water partition coefficient (Wildman–Crippen LogP) is 2.19. The first-order valence-electron chi connectivity index (χ1n) is 7.09. The summed E-state index contributed by atoms with van der Waals surface area (Å²) in [6, 6.07) is 5.28. The van der Waals surface area contributed by atoms with E-state index in [9.17, 15) is 9.59 Å². The molecule has 23 heavy (non-hydrogen) atoms. The zero-order valence-corrected chi connectivity index (χ0v) is 13.3. The second-order valence-corrected chi connectivity index (χ2v) is 5.79. The number of fused-ring (bicyclic) bond motifs is 1. The lowest BCUT2D eigenvalue weighted by molar-refractivity contribution is -0.116. The first-order valence-corrected chi connectivity index (χ1v) is 7.97. The van der Waals surface area contributed by atoms with Gasteiger partial charge in [-0.25, -0.2) is 4.98 Å². The average molecular weight is 329 g/mol. The molecule has 3 heterocycles. The molecule has 118 valence electrons. The van der Waals surface area contributed by atoms with Gasteiger partial charge in [0, 0.05) is 19.2 Å².